The summed E-state index contributed by atoms with van der Waals surface area (Å²) in [4.78, 5) is 23.1. The first-order valence-electron chi connectivity index (χ1n) is 5.59. The zero-order valence-corrected chi connectivity index (χ0v) is 9.97. The van der Waals surface area contributed by atoms with Crippen LogP contribution >= 0.6 is 0 Å². The lowest BCUT2D eigenvalue weighted by atomic mass is 10.2. The molecule has 0 spiro atoms. The van der Waals surface area contributed by atoms with E-state index in [1.54, 1.807) is 0 Å². The molecule has 0 aromatic carbocycles. The molecular weight excluding hydrogens is 224 g/mol. The third kappa shape index (κ3) is 2.38. The zero-order chi connectivity index (χ0) is 12.4. The first-order valence-corrected chi connectivity index (χ1v) is 5.59. The summed E-state index contributed by atoms with van der Waals surface area (Å²) in [6.07, 6.45) is 2.16. The molecule has 0 aliphatic carbocycles. The van der Waals surface area contributed by atoms with Crippen molar-refractivity contribution >= 4 is 5.82 Å². The summed E-state index contributed by atoms with van der Waals surface area (Å²) in [6.45, 7) is 1.31. The summed E-state index contributed by atoms with van der Waals surface area (Å²) >= 11 is 0. The van der Waals surface area contributed by atoms with Gasteiger partial charge in [-0.25, -0.2) is 9.48 Å². The fourth-order valence-electron chi connectivity index (χ4n) is 1.83. The van der Waals surface area contributed by atoms with Gasteiger partial charge in [0.2, 0.25) is 5.82 Å². The molecule has 1 saturated heterocycles. The summed E-state index contributed by atoms with van der Waals surface area (Å²) in [5.74, 6) is 0.185. The minimum atomic E-state index is -0.433. The van der Waals surface area contributed by atoms with E-state index in [4.69, 9.17) is 4.74 Å². The number of aromatic nitrogens is 3. The van der Waals surface area contributed by atoms with Crippen LogP contribution in [-0.2, 0) is 18.8 Å². The molecule has 1 aliphatic rings. The number of nitrogens with one attached hydrogen (secondary N) is 1. The van der Waals surface area contributed by atoms with Gasteiger partial charge in [0.05, 0.1) is 6.10 Å². The van der Waals surface area contributed by atoms with Gasteiger partial charge in [0.25, 0.3) is 5.56 Å². The SMILES string of the molecule is Cn1nc(NCC2CCCO2)c(=O)n(C)c1=O. The Morgan fingerprint density at radius 2 is 2.24 bits per heavy atom. The van der Waals surface area contributed by atoms with Crippen molar-refractivity contribution in [3.05, 3.63) is 20.8 Å². The Kier molecular flexibility index (Phi) is 3.28. The first-order chi connectivity index (χ1) is 8.09. The maximum Gasteiger partial charge on any atom is 0.346 e. The van der Waals surface area contributed by atoms with Crippen molar-refractivity contribution in [2.24, 2.45) is 14.1 Å². The Bertz CT molecular complexity index is 513. The molecule has 94 valence electrons. The van der Waals surface area contributed by atoms with Gasteiger partial charge in [-0.05, 0) is 12.8 Å². The Morgan fingerprint density at radius 3 is 2.88 bits per heavy atom. The molecule has 0 radical (unpaired) electrons. The van der Waals surface area contributed by atoms with Crippen molar-refractivity contribution in [1.82, 2.24) is 14.3 Å². The fourth-order valence-corrected chi connectivity index (χ4v) is 1.83. The smallest absolute Gasteiger partial charge is 0.346 e. The van der Waals surface area contributed by atoms with E-state index in [0.29, 0.717) is 6.54 Å². The van der Waals surface area contributed by atoms with Gasteiger partial charge in [0.1, 0.15) is 0 Å². The van der Waals surface area contributed by atoms with E-state index in [9.17, 15) is 9.59 Å². The van der Waals surface area contributed by atoms with Crippen LogP contribution in [0.1, 0.15) is 12.8 Å². The molecule has 2 rings (SSSR count). The van der Waals surface area contributed by atoms with Gasteiger partial charge < -0.3 is 10.1 Å². The maximum atomic E-state index is 11.7. The highest BCUT2D eigenvalue weighted by Gasteiger charge is 2.16. The van der Waals surface area contributed by atoms with Gasteiger partial charge in [-0.1, -0.05) is 0 Å². The Balaban J connectivity index is 2.15. The topological polar surface area (TPSA) is 78.2 Å². The summed E-state index contributed by atoms with van der Waals surface area (Å²) in [6, 6.07) is 0. The standard InChI is InChI=1S/C10H16N4O3/c1-13-9(15)8(12-14(2)10(13)16)11-6-7-4-3-5-17-7/h7H,3-6H2,1-2H3,(H,11,12). The minimum Gasteiger partial charge on any atom is -0.376 e. The van der Waals surface area contributed by atoms with E-state index in [0.717, 1.165) is 28.7 Å². The van der Waals surface area contributed by atoms with Crippen molar-refractivity contribution in [3.63, 3.8) is 0 Å². The predicted octanol–water partition coefficient (Wildman–Crippen LogP) is -0.930. The molecule has 17 heavy (non-hydrogen) atoms. The third-order valence-corrected chi connectivity index (χ3v) is 2.84. The summed E-state index contributed by atoms with van der Waals surface area (Å²) in [5, 5.41) is 6.83. The number of anilines is 1. The highest BCUT2D eigenvalue weighted by atomic mass is 16.5. The largest absolute Gasteiger partial charge is 0.376 e. The molecule has 1 aromatic heterocycles. The highest BCUT2D eigenvalue weighted by molar-refractivity contribution is 5.29. The monoisotopic (exact) mass is 240 g/mol. The normalized spacial score (nSPS) is 19.5. The van der Waals surface area contributed by atoms with E-state index >= 15 is 0 Å². The van der Waals surface area contributed by atoms with Crippen LogP contribution in [-0.4, -0.2) is 33.6 Å². The second-order valence-corrected chi connectivity index (χ2v) is 4.13. The van der Waals surface area contributed by atoms with Crippen LogP contribution in [0.3, 0.4) is 0 Å². The lowest BCUT2D eigenvalue weighted by Gasteiger charge is -2.11. The zero-order valence-electron chi connectivity index (χ0n) is 9.97. The molecule has 1 unspecified atom stereocenters. The molecule has 1 N–H and O–H groups in total. The number of aryl methyl sites for hydroxylation is 1. The molecule has 1 atom stereocenters. The quantitative estimate of drug-likeness (QED) is 0.738. The molecule has 1 aliphatic heterocycles. The van der Waals surface area contributed by atoms with Gasteiger partial charge in [0, 0.05) is 27.2 Å². The number of ether oxygens (including phenoxy) is 1. The van der Waals surface area contributed by atoms with E-state index in [1.807, 2.05) is 0 Å². The van der Waals surface area contributed by atoms with Crippen molar-refractivity contribution in [1.29, 1.82) is 0 Å². The molecule has 0 bridgehead atoms. The van der Waals surface area contributed by atoms with Crippen LogP contribution < -0.4 is 16.6 Å². The van der Waals surface area contributed by atoms with Gasteiger partial charge in [-0.2, -0.15) is 0 Å². The predicted molar refractivity (Wildman–Crippen MR) is 62.2 cm³/mol. The number of rotatable bonds is 3. The molecule has 2 heterocycles. The van der Waals surface area contributed by atoms with Gasteiger partial charge in [0.15, 0.2) is 0 Å². The average molecular weight is 240 g/mol. The fraction of sp³-hybridized carbons (Fsp3) is 0.700. The van der Waals surface area contributed by atoms with Crippen LogP contribution in [0.2, 0.25) is 0 Å². The molecule has 0 amide bonds. The number of hydrogen-bond donors (Lipinski definition) is 1. The molecule has 7 heteroatoms. The third-order valence-electron chi connectivity index (χ3n) is 2.84. The Labute approximate surface area is 98.0 Å². The van der Waals surface area contributed by atoms with E-state index in [2.05, 4.69) is 10.4 Å². The summed E-state index contributed by atoms with van der Waals surface area (Å²) in [5.41, 5.74) is -0.844. The molecule has 7 nitrogen and oxygen atoms in total. The van der Waals surface area contributed by atoms with Crippen LogP contribution in [0, 0.1) is 0 Å². The van der Waals surface area contributed by atoms with E-state index in [-0.39, 0.29) is 11.9 Å². The van der Waals surface area contributed by atoms with Crippen molar-refractivity contribution < 1.29 is 4.74 Å². The molecule has 1 fully saturated rings. The molecule has 1 aromatic rings. The second-order valence-electron chi connectivity index (χ2n) is 4.13. The Hall–Kier alpha value is -1.63. The summed E-state index contributed by atoms with van der Waals surface area (Å²) in [7, 11) is 2.95. The second kappa shape index (κ2) is 4.70. The number of nitrogens with zero attached hydrogens (tertiary/aromatic N) is 3. The van der Waals surface area contributed by atoms with Crippen molar-refractivity contribution in [2.45, 2.75) is 18.9 Å². The van der Waals surface area contributed by atoms with Crippen LogP contribution in [0.15, 0.2) is 9.59 Å². The van der Waals surface area contributed by atoms with Crippen LogP contribution in [0.5, 0.6) is 0 Å². The average Bonchev–Trinajstić information content (AvgIpc) is 2.82. The van der Waals surface area contributed by atoms with Crippen molar-refractivity contribution in [2.75, 3.05) is 18.5 Å². The number of hydrogen-bond acceptors (Lipinski definition) is 5. The maximum absolute atomic E-state index is 11.7. The van der Waals surface area contributed by atoms with E-state index in [1.165, 1.54) is 14.1 Å². The van der Waals surface area contributed by atoms with E-state index < -0.39 is 11.2 Å². The minimum absolute atomic E-state index is 0.124. The van der Waals surface area contributed by atoms with Gasteiger partial charge in [-0.3, -0.25) is 9.36 Å². The van der Waals surface area contributed by atoms with Crippen molar-refractivity contribution in [3.8, 4) is 0 Å². The Morgan fingerprint density at radius 1 is 1.47 bits per heavy atom. The highest BCUT2D eigenvalue weighted by Crippen LogP contribution is 2.11. The van der Waals surface area contributed by atoms with Crippen LogP contribution in [0.25, 0.3) is 0 Å². The molecule has 0 saturated carbocycles. The van der Waals surface area contributed by atoms with Crippen LogP contribution in [0.4, 0.5) is 5.82 Å². The lowest BCUT2D eigenvalue weighted by molar-refractivity contribution is 0.120. The van der Waals surface area contributed by atoms with Gasteiger partial charge in [-0.15, -0.1) is 5.10 Å². The van der Waals surface area contributed by atoms with Gasteiger partial charge >= 0.3 is 5.69 Å². The molecular formula is C10H16N4O3. The first kappa shape index (κ1) is 11.8. The lowest BCUT2D eigenvalue weighted by Crippen LogP contribution is -2.40. The summed E-state index contributed by atoms with van der Waals surface area (Å²) < 4.78 is 7.60.